The van der Waals surface area contributed by atoms with Crippen molar-refractivity contribution < 1.29 is 29.3 Å². The van der Waals surface area contributed by atoms with Crippen molar-refractivity contribution in [1.82, 2.24) is 0 Å². The van der Waals surface area contributed by atoms with E-state index in [1.54, 1.807) is 6.08 Å². The second-order valence-corrected chi connectivity index (χ2v) is 12.9. The van der Waals surface area contributed by atoms with E-state index in [-0.39, 0.29) is 25.6 Å². The summed E-state index contributed by atoms with van der Waals surface area (Å²) < 4.78 is 10.2. The zero-order valence-corrected chi connectivity index (χ0v) is 30.4. The van der Waals surface area contributed by atoms with Gasteiger partial charge in [0.25, 0.3) is 0 Å². The standard InChI is InChI=1S/C41H72O6/c1-3-5-7-9-11-13-15-17-18-20-22-24-26-28-30-34-40(44)46-36-39(43)37-47-41(45)35-31-33-38(42)32-29-27-25-23-21-19-16-14-12-10-8-6-4-2/h12,14,19,21,25,27,29,32,38-39,42-43H,3-11,13,15-18,20,22-24,26,28,30-31,33-37H2,1-2H3/b14-12-,21-19-,27-25-,32-29+/t38-,39-/m1/s1. The molecule has 6 heteroatoms. The zero-order valence-electron chi connectivity index (χ0n) is 30.4. The molecule has 0 aliphatic heterocycles. The maximum Gasteiger partial charge on any atom is 0.305 e. The van der Waals surface area contributed by atoms with Crippen molar-refractivity contribution in [2.45, 2.75) is 187 Å². The van der Waals surface area contributed by atoms with Crippen molar-refractivity contribution in [2.75, 3.05) is 13.2 Å². The second-order valence-electron chi connectivity index (χ2n) is 12.9. The van der Waals surface area contributed by atoms with Crippen LogP contribution in [0.25, 0.3) is 0 Å². The van der Waals surface area contributed by atoms with E-state index in [2.05, 4.69) is 38.2 Å². The molecule has 47 heavy (non-hydrogen) atoms. The molecule has 2 atom stereocenters. The fourth-order valence-electron chi connectivity index (χ4n) is 5.19. The summed E-state index contributed by atoms with van der Waals surface area (Å²) in [6.45, 7) is 4.10. The van der Waals surface area contributed by atoms with Gasteiger partial charge in [0.15, 0.2) is 0 Å². The number of rotatable bonds is 34. The molecule has 0 aromatic heterocycles. The summed E-state index contributed by atoms with van der Waals surface area (Å²) in [6.07, 6.45) is 41.9. The van der Waals surface area contributed by atoms with Crippen molar-refractivity contribution in [2.24, 2.45) is 0 Å². The number of ether oxygens (including phenoxy) is 2. The summed E-state index contributed by atoms with van der Waals surface area (Å²) >= 11 is 0. The van der Waals surface area contributed by atoms with Crippen molar-refractivity contribution in [1.29, 1.82) is 0 Å². The van der Waals surface area contributed by atoms with E-state index in [1.807, 2.05) is 18.2 Å². The van der Waals surface area contributed by atoms with Gasteiger partial charge in [-0.1, -0.05) is 165 Å². The minimum Gasteiger partial charge on any atom is -0.463 e. The number of aliphatic hydroxyl groups excluding tert-OH is 2. The molecule has 0 aliphatic carbocycles. The molecule has 0 bridgehead atoms. The molecule has 272 valence electrons. The molecule has 0 aliphatic rings. The number of hydrogen-bond donors (Lipinski definition) is 2. The topological polar surface area (TPSA) is 93.1 Å². The van der Waals surface area contributed by atoms with Gasteiger partial charge in [0, 0.05) is 12.8 Å². The van der Waals surface area contributed by atoms with Crippen LogP contribution in [0, 0.1) is 0 Å². The Morgan fingerprint density at radius 2 is 0.979 bits per heavy atom. The van der Waals surface area contributed by atoms with Crippen LogP contribution in [0.3, 0.4) is 0 Å². The smallest absolute Gasteiger partial charge is 0.305 e. The molecule has 0 heterocycles. The Labute approximate surface area is 289 Å². The van der Waals surface area contributed by atoms with Crippen molar-refractivity contribution >= 4 is 11.9 Å². The highest BCUT2D eigenvalue weighted by molar-refractivity contribution is 5.69. The third-order valence-electron chi connectivity index (χ3n) is 8.17. The molecule has 0 aromatic rings. The van der Waals surface area contributed by atoms with E-state index in [4.69, 9.17) is 9.47 Å². The van der Waals surface area contributed by atoms with E-state index >= 15 is 0 Å². The number of carbonyl (C=O) groups excluding carboxylic acids is 2. The lowest BCUT2D eigenvalue weighted by molar-refractivity contribution is -0.152. The Morgan fingerprint density at radius 1 is 0.532 bits per heavy atom. The highest BCUT2D eigenvalue weighted by atomic mass is 16.6. The maximum absolute atomic E-state index is 12.0. The highest BCUT2D eigenvalue weighted by Crippen LogP contribution is 2.14. The van der Waals surface area contributed by atoms with E-state index in [0.29, 0.717) is 19.3 Å². The van der Waals surface area contributed by atoms with Gasteiger partial charge in [-0.3, -0.25) is 9.59 Å². The fourth-order valence-corrected chi connectivity index (χ4v) is 5.19. The van der Waals surface area contributed by atoms with Gasteiger partial charge in [-0.05, 0) is 44.9 Å². The number of unbranched alkanes of at least 4 members (excludes halogenated alkanes) is 17. The molecule has 0 unspecified atom stereocenters. The zero-order chi connectivity index (χ0) is 34.5. The largest absolute Gasteiger partial charge is 0.463 e. The number of hydrogen-bond acceptors (Lipinski definition) is 6. The predicted molar refractivity (Wildman–Crippen MR) is 197 cm³/mol. The van der Waals surface area contributed by atoms with Gasteiger partial charge in [-0.15, -0.1) is 0 Å². The SMILES string of the molecule is CCCCC/C=C\C/C=C\C/C=C\C=C\[C@@H](O)CCCC(=O)OC[C@H](O)COC(=O)CCCCCCCCCCCCCCCCC. The van der Waals surface area contributed by atoms with Crippen LogP contribution in [0.4, 0.5) is 0 Å². The third kappa shape index (κ3) is 36.5. The number of esters is 2. The Kier molecular flexibility index (Phi) is 35.0. The lowest BCUT2D eigenvalue weighted by atomic mass is 10.0. The van der Waals surface area contributed by atoms with Gasteiger partial charge in [0.2, 0.25) is 0 Å². The van der Waals surface area contributed by atoms with Gasteiger partial charge in [-0.25, -0.2) is 0 Å². The monoisotopic (exact) mass is 661 g/mol. The third-order valence-corrected chi connectivity index (χ3v) is 8.17. The Bertz CT molecular complexity index is 815. The summed E-state index contributed by atoms with van der Waals surface area (Å²) in [5, 5.41) is 20.1. The quantitative estimate of drug-likeness (QED) is 0.0309. The Balaban J connectivity index is 3.63. The van der Waals surface area contributed by atoms with Crippen LogP contribution in [0.1, 0.15) is 174 Å². The number of aliphatic hydroxyl groups is 2. The van der Waals surface area contributed by atoms with Crippen molar-refractivity contribution in [3.63, 3.8) is 0 Å². The van der Waals surface area contributed by atoms with Gasteiger partial charge in [-0.2, -0.15) is 0 Å². The molecular formula is C41H72O6. The Hall–Kier alpha value is -2.18. The van der Waals surface area contributed by atoms with E-state index in [1.165, 1.54) is 96.3 Å². The molecule has 2 N–H and O–H groups in total. The summed E-state index contributed by atoms with van der Waals surface area (Å²) in [6, 6.07) is 0. The molecule has 0 saturated heterocycles. The molecule has 0 amide bonds. The predicted octanol–water partition coefficient (Wildman–Crippen LogP) is 10.8. The summed E-state index contributed by atoms with van der Waals surface area (Å²) in [5.41, 5.74) is 0. The first-order chi connectivity index (χ1) is 23.0. The average Bonchev–Trinajstić information content (AvgIpc) is 3.06. The van der Waals surface area contributed by atoms with E-state index in [9.17, 15) is 19.8 Å². The van der Waals surface area contributed by atoms with Crippen LogP contribution in [-0.4, -0.2) is 47.6 Å². The molecule has 0 radical (unpaired) electrons. The minimum absolute atomic E-state index is 0.157. The molecule has 0 fully saturated rings. The lowest BCUT2D eigenvalue weighted by Gasteiger charge is -2.12. The van der Waals surface area contributed by atoms with Crippen molar-refractivity contribution in [3.8, 4) is 0 Å². The van der Waals surface area contributed by atoms with Gasteiger partial charge < -0.3 is 19.7 Å². The molecule has 0 saturated carbocycles. The summed E-state index contributed by atoms with van der Waals surface area (Å²) in [4.78, 5) is 23.9. The highest BCUT2D eigenvalue weighted by Gasteiger charge is 2.12. The van der Waals surface area contributed by atoms with Gasteiger partial charge in [0.05, 0.1) is 6.10 Å². The van der Waals surface area contributed by atoms with Crippen LogP contribution >= 0.6 is 0 Å². The first kappa shape index (κ1) is 44.8. The molecule has 0 spiro atoms. The molecule has 0 aromatic carbocycles. The number of allylic oxidation sites excluding steroid dienone is 7. The minimum atomic E-state index is -1.04. The maximum atomic E-state index is 12.0. The summed E-state index contributed by atoms with van der Waals surface area (Å²) in [5.74, 6) is -0.758. The van der Waals surface area contributed by atoms with Crippen LogP contribution in [0.15, 0.2) is 48.6 Å². The lowest BCUT2D eigenvalue weighted by Crippen LogP contribution is -2.25. The molecule has 6 nitrogen and oxygen atoms in total. The normalized spacial score (nSPS) is 13.4. The first-order valence-corrected chi connectivity index (χ1v) is 19.3. The average molecular weight is 661 g/mol. The molecular weight excluding hydrogens is 588 g/mol. The van der Waals surface area contributed by atoms with Crippen LogP contribution in [0.2, 0.25) is 0 Å². The van der Waals surface area contributed by atoms with Crippen molar-refractivity contribution in [3.05, 3.63) is 48.6 Å². The molecule has 0 rings (SSSR count). The van der Waals surface area contributed by atoms with Gasteiger partial charge in [0.1, 0.15) is 19.3 Å². The van der Waals surface area contributed by atoms with Crippen LogP contribution < -0.4 is 0 Å². The first-order valence-electron chi connectivity index (χ1n) is 19.3. The number of carbonyl (C=O) groups is 2. The van der Waals surface area contributed by atoms with Crippen LogP contribution in [-0.2, 0) is 19.1 Å². The van der Waals surface area contributed by atoms with E-state index in [0.717, 1.165) is 38.5 Å². The Morgan fingerprint density at radius 3 is 1.53 bits per heavy atom. The van der Waals surface area contributed by atoms with Gasteiger partial charge >= 0.3 is 11.9 Å². The van der Waals surface area contributed by atoms with E-state index < -0.39 is 18.2 Å². The summed E-state index contributed by atoms with van der Waals surface area (Å²) in [7, 11) is 0. The fraction of sp³-hybridized carbons (Fsp3) is 0.756. The van der Waals surface area contributed by atoms with Crippen LogP contribution in [0.5, 0.6) is 0 Å². The second kappa shape index (κ2) is 36.7.